The summed E-state index contributed by atoms with van der Waals surface area (Å²) in [6.07, 6.45) is -4.15. The first kappa shape index (κ1) is 30.7. The number of allylic oxidation sites excluding steroid dienone is 1. The van der Waals surface area contributed by atoms with E-state index in [2.05, 4.69) is 21.2 Å². The Kier molecular flexibility index (Phi) is 8.40. The second-order valence-electron chi connectivity index (χ2n) is 8.49. The monoisotopic (exact) mass is 598 g/mol. The summed E-state index contributed by atoms with van der Waals surface area (Å²) in [6, 6.07) is 3.76. The van der Waals surface area contributed by atoms with Crippen LogP contribution in [0, 0.1) is 22.6 Å². The number of anilines is 1. The first-order valence-electron chi connectivity index (χ1n) is 11.2. The molecule has 1 aromatic carbocycles. The molecule has 8 nitrogen and oxygen atoms in total. The molecule has 17 heteroatoms. The van der Waals surface area contributed by atoms with Crippen LogP contribution in [-0.2, 0) is 13.0 Å². The molecule has 0 bridgehead atoms. The summed E-state index contributed by atoms with van der Waals surface area (Å²) in [6.45, 7) is -2.10. The van der Waals surface area contributed by atoms with Crippen LogP contribution in [0.4, 0.5) is 40.9 Å². The van der Waals surface area contributed by atoms with Gasteiger partial charge in [0.15, 0.2) is 17.3 Å². The van der Waals surface area contributed by atoms with Crippen molar-refractivity contribution < 1.29 is 44.7 Å². The number of hydrogen-bond acceptors (Lipinski definition) is 6. The number of carbonyl (C=O) groups is 1. The van der Waals surface area contributed by atoms with Gasteiger partial charge >= 0.3 is 18.7 Å². The van der Waals surface area contributed by atoms with Gasteiger partial charge in [-0.2, -0.15) is 41.1 Å². The van der Waals surface area contributed by atoms with Gasteiger partial charge in [0.05, 0.1) is 16.7 Å². The van der Waals surface area contributed by atoms with Gasteiger partial charge in [0, 0.05) is 37.1 Å². The maximum absolute atomic E-state index is 14.9. The first-order chi connectivity index (χ1) is 18.5. The molecule has 0 saturated heterocycles. The van der Waals surface area contributed by atoms with E-state index in [0.717, 1.165) is 19.2 Å². The summed E-state index contributed by atoms with van der Waals surface area (Å²) in [7, 11) is 0.844. The standard InChI is InChI=1S/C23H19ClF8N6O2/c1-3-38(21(10-34)4-5-21)19(39)13-6-12(15(25)7-14(13)24)11(8-33)9-35-18-16(40-20(26)27)17(36-37(18)2)22(28,29)23(30,31)32/h6-9,20,33,35H,3-5H2,1-2H3/b11-9+,33-8?. The molecule has 1 aliphatic rings. The second-order valence-corrected chi connectivity index (χ2v) is 8.90. The molecule has 0 unspecified atom stereocenters. The minimum atomic E-state index is -6.21. The molecule has 1 saturated carbocycles. The molecule has 0 radical (unpaired) electrons. The molecule has 1 amide bonds. The Morgan fingerprint density at radius 3 is 2.42 bits per heavy atom. The lowest BCUT2D eigenvalue weighted by atomic mass is 10.0. The van der Waals surface area contributed by atoms with Gasteiger partial charge in [0.1, 0.15) is 11.4 Å². The lowest BCUT2D eigenvalue weighted by Crippen LogP contribution is -2.41. The van der Waals surface area contributed by atoms with Crippen LogP contribution in [0.25, 0.3) is 5.57 Å². The maximum Gasteiger partial charge on any atom is 0.459 e. The first-order valence-corrected chi connectivity index (χ1v) is 11.6. The van der Waals surface area contributed by atoms with E-state index in [1.54, 1.807) is 6.92 Å². The van der Waals surface area contributed by atoms with Crippen LogP contribution in [0.15, 0.2) is 18.3 Å². The van der Waals surface area contributed by atoms with Crippen LogP contribution in [0.2, 0.25) is 5.02 Å². The van der Waals surface area contributed by atoms with Crippen LogP contribution in [-0.4, -0.2) is 51.7 Å². The number of nitrogens with one attached hydrogen (secondary N) is 2. The number of nitriles is 1. The molecule has 2 aromatic rings. The van der Waals surface area contributed by atoms with Crippen molar-refractivity contribution in [3.63, 3.8) is 0 Å². The van der Waals surface area contributed by atoms with Crippen LogP contribution < -0.4 is 10.1 Å². The minimum Gasteiger partial charge on any atom is -0.429 e. The van der Waals surface area contributed by atoms with Crippen molar-refractivity contribution in [1.82, 2.24) is 14.7 Å². The van der Waals surface area contributed by atoms with Crippen LogP contribution in [0.1, 0.15) is 41.4 Å². The lowest BCUT2D eigenvalue weighted by molar-refractivity contribution is -0.291. The lowest BCUT2D eigenvalue weighted by Gasteiger charge is -2.26. The fourth-order valence-corrected chi connectivity index (χ4v) is 4.06. The Labute approximate surface area is 226 Å². The number of alkyl halides is 7. The minimum absolute atomic E-state index is 0.114. The highest BCUT2D eigenvalue weighted by Crippen LogP contribution is 2.49. The van der Waals surface area contributed by atoms with Gasteiger partial charge in [-0.1, -0.05) is 11.6 Å². The summed E-state index contributed by atoms with van der Waals surface area (Å²) in [5.74, 6) is -10.0. The average Bonchev–Trinajstić information content (AvgIpc) is 3.58. The number of nitrogens with zero attached hydrogens (tertiary/aromatic N) is 4. The maximum atomic E-state index is 14.9. The average molecular weight is 599 g/mol. The van der Waals surface area contributed by atoms with Gasteiger partial charge < -0.3 is 20.4 Å². The number of carbonyl (C=O) groups excluding carboxylic acids is 1. The summed E-state index contributed by atoms with van der Waals surface area (Å²) in [4.78, 5) is 14.4. The highest BCUT2D eigenvalue weighted by atomic mass is 35.5. The molecular formula is C23H19ClF8N6O2. The smallest absolute Gasteiger partial charge is 0.429 e. The molecule has 3 rings (SSSR count). The van der Waals surface area contributed by atoms with Crippen LogP contribution >= 0.6 is 11.6 Å². The van der Waals surface area contributed by atoms with E-state index in [1.165, 1.54) is 4.90 Å². The highest BCUT2D eigenvalue weighted by molar-refractivity contribution is 6.34. The zero-order valence-electron chi connectivity index (χ0n) is 20.5. The molecule has 1 heterocycles. The fourth-order valence-electron chi connectivity index (χ4n) is 3.83. The molecule has 216 valence electrons. The van der Waals surface area contributed by atoms with Gasteiger partial charge in [-0.05, 0) is 31.9 Å². The Bertz CT molecular complexity index is 1400. The van der Waals surface area contributed by atoms with E-state index >= 15 is 0 Å². The number of aromatic nitrogens is 2. The van der Waals surface area contributed by atoms with E-state index < -0.39 is 64.4 Å². The normalized spacial score (nSPS) is 15.0. The number of rotatable bonds is 10. The van der Waals surface area contributed by atoms with Gasteiger partial charge in [0.25, 0.3) is 5.91 Å². The SMILES string of the molecule is CCN(C(=O)c1cc(/C(C=N)=C/Nc2c(OC(F)F)c(C(F)(F)C(F)(F)F)nn2C)c(F)cc1Cl)C1(C#N)CC1. The second kappa shape index (κ2) is 11.0. The zero-order chi connectivity index (χ0) is 30.2. The van der Waals surface area contributed by atoms with E-state index in [-0.39, 0.29) is 17.1 Å². The number of halogens is 9. The van der Waals surface area contributed by atoms with Crippen molar-refractivity contribution in [1.29, 1.82) is 10.7 Å². The number of amides is 1. The largest absolute Gasteiger partial charge is 0.459 e. The van der Waals surface area contributed by atoms with E-state index in [0.29, 0.717) is 29.9 Å². The zero-order valence-corrected chi connectivity index (χ0v) is 21.3. The Balaban J connectivity index is 2.07. The molecular weight excluding hydrogens is 580 g/mol. The molecule has 40 heavy (non-hydrogen) atoms. The molecule has 2 N–H and O–H groups in total. The van der Waals surface area contributed by atoms with Gasteiger partial charge in [0.2, 0.25) is 0 Å². The Morgan fingerprint density at radius 2 is 1.95 bits per heavy atom. The molecule has 0 aliphatic heterocycles. The van der Waals surface area contributed by atoms with Gasteiger partial charge in [-0.3, -0.25) is 4.79 Å². The predicted octanol–water partition coefficient (Wildman–Crippen LogP) is 6.09. The number of hydrogen-bond donors (Lipinski definition) is 2. The van der Waals surface area contributed by atoms with Crippen molar-refractivity contribution in [2.45, 2.75) is 44.0 Å². The third kappa shape index (κ3) is 5.55. The van der Waals surface area contributed by atoms with E-state index in [1.807, 2.05) is 0 Å². The van der Waals surface area contributed by atoms with Gasteiger partial charge in [-0.15, -0.1) is 0 Å². The number of ether oxygens (including phenoxy) is 1. The van der Waals surface area contributed by atoms with Gasteiger partial charge in [-0.25, -0.2) is 9.07 Å². The van der Waals surface area contributed by atoms with Crippen LogP contribution in [0.5, 0.6) is 5.75 Å². The molecule has 1 aliphatic carbocycles. The predicted molar refractivity (Wildman–Crippen MR) is 126 cm³/mol. The van der Waals surface area contributed by atoms with E-state index in [4.69, 9.17) is 17.0 Å². The fraction of sp³-hybridized carbons (Fsp3) is 0.391. The summed E-state index contributed by atoms with van der Waals surface area (Å²) in [5.41, 5.74) is -4.33. The summed E-state index contributed by atoms with van der Waals surface area (Å²) in [5, 5.41) is 21.9. The van der Waals surface area contributed by atoms with Crippen LogP contribution in [0.3, 0.4) is 0 Å². The third-order valence-electron chi connectivity index (χ3n) is 5.99. The molecule has 1 aromatic heterocycles. The van der Waals surface area contributed by atoms with E-state index in [9.17, 15) is 45.2 Å². The van der Waals surface area contributed by atoms with Crippen molar-refractivity contribution >= 4 is 35.1 Å². The number of benzene rings is 1. The van der Waals surface area contributed by atoms with Crippen molar-refractivity contribution in [3.8, 4) is 11.8 Å². The molecule has 0 atom stereocenters. The summed E-state index contributed by atoms with van der Waals surface area (Å²) < 4.78 is 112. The van der Waals surface area contributed by atoms with Crippen molar-refractivity contribution in [3.05, 3.63) is 46.0 Å². The molecule has 0 spiro atoms. The summed E-state index contributed by atoms with van der Waals surface area (Å²) >= 11 is 6.08. The molecule has 1 fully saturated rings. The van der Waals surface area contributed by atoms with Crippen molar-refractivity contribution in [2.24, 2.45) is 7.05 Å². The third-order valence-corrected chi connectivity index (χ3v) is 6.30. The highest BCUT2D eigenvalue weighted by Gasteiger charge is 2.62. The number of aryl methyl sites for hydroxylation is 1. The Hall–Kier alpha value is -3.87. The quantitative estimate of drug-likeness (QED) is 0.254. The topological polar surface area (TPSA) is 107 Å². The van der Waals surface area contributed by atoms with Crippen molar-refractivity contribution in [2.75, 3.05) is 11.9 Å². The Morgan fingerprint density at radius 1 is 1.32 bits per heavy atom.